The number of amides is 1. The van der Waals surface area contributed by atoms with Gasteiger partial charge in [0, 0.05) is 12.1 Å². The van der Waals surface area contributed by atoms with Crippen molar-refractivity contribution in [1.82, 2.24) is 5.32 Å². The van der Waals surface area contributed by atoms with E-state index in [-0.39, 0.29) is 18.1 Å². The summed E-state index contributed by atoms with van der Waals surface area (Å²) in [6.45, 7) is 0.239. The summed E-state index contributed by atoms with van der Waals surface area (Å²) in [6, 6.07) is 9.41. The van der Waals surface area contributed by atoms with E-state index in [1.54, 1.807) is 18.2 Å². The van der Waals surface area contributed by atoms with E-state index in [0.717, 1.165) is 17.7 Å². The van der Waals surface area contributed by atoms with Gasteiger partial charge in [0.2, 0.25) is 0 Å². The maximum atomic E-state index is 12.7. The second kappa shape index (κ2) is 6.16. The van der Waals surface area contributed by atoms with Crippen molar-refractivity contribution in [1.29, 1.82) is 0 Å². The van der Waals surface area contributed by atoms with Crippen LogP contribution in [0.4, 0.5) is 13.2 Å². The van der Waals surface area contributed by atoms with Gasteiger partial charge in [0.1, 0.15) is 18.5 Å². The van der Waals surface area contributed by atoms with Gasteiger partial charge in [0.25, 0.3) is 5.91 Å². The van der Waals surface area contributed by atoms with Crippen LogP contribution in [0.1, 0.15) is 33.2 Å². The Balaban J connectivity index is 1.69. The summed E-state index contributed by atoms with van der Waals surface area (Å²) in [5.74, 6) is 0.172. The van der Waals surface area contributed by atoms with E-state index in [1.165, 1.54) is 12.1 Å². The fourth-order valence-corrected chi connectivity index (χ4v) is 2.48. The molecule has 1 unspecified atom stereocenters. The summed E-state index contributed by atoms with van der Waals surface area (Å²) < 4.78 is 43.5. The molecule has 0 saturated carbocycles. The molecule has 1 amide bonds. The molecule has 0 aromatic heterocycles. The minimum absolute atomic E-state index is 0.115. The molecule has 2 aromatic carbocycles. The molecule has 24 heavy (non-hydrogen) atoms. The second-order valence-corrected chi connectivity index (χ2v) is 5.45. The van der Waals surface area contributed by atoms with Gasteiger partial charge >= 0.3 is 6.18 Å². The van der Waals surface area contributed by atoms with Crippen molar-refractivity contribution >= 4 is 5.91 Å². The minimum atomic E-state index is -4.47. The highest BCUT2D eigenvalue weighted by Gasteiger charge is 2.31. The van der Waals surface area contributed by atoms with Crippen molar-refractivity contribution in [3.63, 3.8) is 0 Å². The topological polar surface area (TPSA) is 58.6 Å². The first-order chi connectivity index (χ1) is 11.3. The van der Waals surface area contributed by atoms with Gasteiger partial charge in [-0.3, -0.25) is 4.79 Å². The standard InChI is InChI=1S/C17H14F3NO3/c18-17(19,20)12-3-1-2-10(6-12)15(22)9-24-13-5-4-11-8-21-16(23)14(11)7-13/h1-7,15,22H,8-9H2,(H,21,23). The van der Waals surface area contributed by atoms with E-state index in [9.17, 15) is 23.1 Å². The number of carbonyl (C=O) groups excluding carboxylic acids is 1. The van der Waals surface area contributed by atoms with Gasteiger partial charge in [-0.05, 0) is 35.4 Å². The number of fused-ring (bicyclic) bond motifs is 1. The lowest BCUT2D eigenvalue weighted by Crippen LogP contribution is -2.13. The Morgan fingerprint density at radius 3 is 2.75 bits per heavy atom. The minimum Gasteiger partial charge on any atom is -0.491 e. The van der Waals surface area contributed by atoms with Crippen molar-refractivity contribution in [2.75, 3.05) is 6.61 Å². The Kier molecular flexibility index (Phi) is 4.19. The number of carbonyl (C=O) groups is 1. The zero-order chi connectivity index (χ0) is 17.3. The van der Waals surface area contributed by atoms with Crippen LogP contribution in [0.25, 0.3) is 0 Å². The number of aliphatic hydroxyl groups excluding tert-OH is 1. The van der Waals surface area contributed by atoms with Crippen LogP contribution < -0.4 is 10.1 Å². The summed E-state index contributed by atoms with van der Waals surface area (Å²) in [5, 5.41) is 12.7. The number of hydrogen-bond acceptors (Lipinski definition) is 3. The second-order valence-electron chi connectivity index (χ2n) is 5.45. The third-order valence-corrected chi connectivity index (χ3v) is 3.77. The third kappa shape index (κ3) is 3.35. The van der Waals surface area contributed by atoms with Crippen molar-refractivity contribution in [2.45, 2.75) is 18.8 Å². The molecule has 1 aliphatic rings. The average Bonchev–Trinajstić information content (AvgIpc) is 2.93. The smallest absolute Gasteiger partial charge is 0.416 e. The van der Waals surface area contributed by atoms with Gasteiger partial charge in [-0.25, -0.2) is 0 Å². The van der Waals surface area contributed by atoms with Crippen LogP contribution in [0.2, 0.25) is 0 Å². The predicted octanol–water partition coefficient (Wildman–Crippen LogP) is 3.06. The Bertz CT molecular complexity index is 774. The predicted molar refractivity (Wildman–Crippen MR) is 79.5 cm³/mol. The zero-order valence-electron chi connectivity index (χ0n) is 12.4. The highest BCUT2D eigenvalue weighted by Crippen LogP contribution is 2.31. The number of alkyl halides is 3. The lowest BCUT2D eigenvalue weighted by Gasteiger charge is -2.15. The number of ether oxygens (including phenoxy) is 1. The molecule has 126 valence electrons. The van der Waals surface area contributed by atoms with Crippen LogP contribution in [0.5, 0.6) is 5.75 Å². The van der Waals surface area contributed by atoms with Crippen LogP contribution in [0, 0.1) is 0 Å². The molecule has 2 aromatic rings. The number of aliphatic hydroxyl groups is 1. The Labute approximate surface area is 135 Å². The lowest BCUT2D eigenvalue weighted by molar-refractivity contribution is -0.137. The molecule has 0 radical (unpaired) electrons. The first-order valence-corrected chi connectivity index (χ1v) is 7.24. The maximum absolute atomic E-state index is 12.7. The lowest BCUT2D eigenvalue weighted by atomic mass is 10.1. The van der Waals surface area contributed by atoms with E-state index in [0.29, 0.717) is 17.9 Å². The molecule has 7 heteroatoms. The Morgan fingerprint density at radius 2 is 2.00 bits per heavy atom. The fourth-order valence-electron chi connectivity index (χ4n) is 2.48. The van der Waals surface area contributed by atoms with Gasteiger partial charge in [-0.15, -0.1) is 0 Å². The number of rotatable bonds is 4. The largest absolute Gasteiger partial charge is 0.491 e. The van der Waals surface area contributed by atoms with Crippen LogP contribution in [-0.2, 0) is 12.7 Å². The van der Waals surface area contributed by atoms with Crippen LogP contribution >= 0.6 is 0 Å². The number of benzene rings is 2. The van der Waals surface area contributed by atoms with E-state index in [2.05, 4.69) is 5.32 Å². The SMILES string of the molecule is O=C1NCc2ccc(OCC(O)c3cccc(C(F)(F)F)c3)cc21. The zero-order valence-corrected chi connectivity index (χ0v) is 12.4. The highest BCUT2D eigenvalue weighted by atomic mass is 19.4. The summed E-state index contributed by atoms with van der Waals surface area (Å²) in [4.78, 5) is 11.6. The number of nitrogens with one attached hydrogen (secondary N) is 1. The molecule has 2 N–H and O–H groups in total. The van der Waals surface area contributed by atoms with Crippen molar-refractivity contribution < 1.29 is 27.8 Å². The van der Waals surface area contributed by atoms with E-state index < -0.39 is 17.8 Å². The molecule has 0 saturated heterocycles. The molecule has 0 aliphatic carbocycles. The summed E-state index contributed by atoms with van der Waals surface area (Å²) in [7, 11) is 0. The first-order valence-electron chi connectivity index (χ1n) is 7.24. The molecule has 4 nitrogen and oxygen atoms in total. The van der Waals surface area contributed by atoms with Gasteiger partial charge in [0.15, 0.2) is 0 Å². The summed E-state index contributed by atoms with van der Waals surface area (Å²) >= 11 is 0. The molecule has 3 rings (SSSR count). The molecule has 1 aliphatic heterocycles. The van der Waals surface area contributed by atoms with Gasteiger partial charge in [-0.1, -0.05) is 18.2 Å². The summed E-state index contributed by atoms with van der Waals surface area (Å²) in [5.41, 5.74) is 0.642. The maximum Gasteiger partial charge on any atom is 0.416 e. The van der Waals surface area contributed by atoms with E-state index >= 15 is 0 Å². The molecule has 1 atom stereocenters. The van der Waals surface area contributed by atoms with Crippen molar-refractivity contribution in [3.8, 4) is 5.75 Å². The molecule has 0 fully saturated rings. The normalized spacial score (nSPS) is 14.9. The fraction of sp³-hybridized carbons (Fsp3) is 0.235. The highest BCUT2D eigenvalue weighted by molar-refractivity contribution is 5.98. The number of halogens is 3. The number of hydrogen-bond donors (Lipinski definition) is 2. The third-order valence-electron chi connectivity index (χ3n) is 3.77. The van der Waals surface area contributed by atoms with Gasteiger partial charge in [0.05, 0.1) is 5.56 Å². The van der Waals surface area contributed by atoms with Crippen LogP contribution in [0.3, 0.4) is 0 Å². The van der Waals surface area contributed by atoms with Crippen LogP contribution in [0.15, 0.2) is 42.5 Å². The average molecular weight is 337 g/mol. The van der Waals surface area contributed by atoms with Crippen molar-refractivity contribution in [2.24, 2.45) is 0 Å². The first kappa shape index (κ1) is 16.3. The summed E-state index contributed by atoms with van der Waals surface area (Å²) in [6.07, 6.45) is -5.68. The van der Waals surface area contributed by atoms with Gasteiger partial charge in [-0.2, -0.15) is 13.2 Å². The molecular weight excluding hydrogens is 323 g/mol. The Hall–Kier alpha value is -2.54. The Morgan fingerprint density at radius 1 is 1.21 bits per heavy atom. The van der Waals surface area contributed by atoms with Gasteiger partial charge < -0.3 is 15.2 Å². The van der Waals surface area contributed by atoms with E-state index in [4.69, 9.17) is 4.74 Å². The quantitative estimate of drug-likeness (QED) is 0.901. The van der Waals surface area contributed by atoms with E-state index in [1.807, 2.05) is 0 Å². The molecule has 0 bridgehead atoms. The van der Waals surface area contributed by atoms with Crippen LogP contribution in [-0.4, -0.2) is 17.6 Å². The van der Waals surface area contributed by atoms with Crippen molar-refractivity contribution in [3.05, 3.63) is 64.7 Å². The molecular formula is C17H14F3NO3. The molecule has 1 heterocycles. The molecule has 0 spiro atoms. The monoisotopic (exact) mass is 337 g/mol.